The Bertz CT molecular complexity index is 666. The van der Waals surface area contributed by atoms with Gasteiger partial charge in [-0.15, -0.1) is 5.10 Å². The summed E-state index contributed by atoms with van der Waals surface area (Å²) in [5, 5.41) is 8.29. The van der Waals surface area contributed by atoms with Gasteiger partial charge in [0.1, 0.15) is 0 Å². The summed E-state index contributed by atoms with van der Waals surface area (Å²) in [6.07, 6.45) is 1.75. The molecule has 6 heteroatoms. The van der Waals surface area contributed by atoms with E-state index in [1.165, 1.54) is 0 Å². The van der Waals surface area contributed by atoms with Crippen molar-refractivity contribution in [3.63, 3.8) is 0 Å². The van der Waals surface area contributed by atoms with E-state index >= 15 is 0 Å². The summed E-state index contributed by atoms with van der Waals surface area (Å²) in [4.78, 5) is 18.5. The third-order valence-corrected chi connectivity index (χ3v) is 4.06. The number of rotatable bonds is 3. The molecular weight excluding hydrogens is 290 g/mol. The lowest BCUT2D eigenvalue weighted by Gasteiger charge is -2.35. The largest absolute Gasteiger partial charge is 0.376 e. The normalized spacial score (nSPS) is 14.7. The van der Waals surface area contributed by atoms with Crippen molar-refractivity contribution in [1.29, 1.82) is 0 Å². The average molecular weight is 311 g/mol. The van der Waals surface area contributed by atoms with Crippen molar-refractivity contribution in [3.05, 3.63) is 48.2 Å². The molecule has 0 spiro atoms. The minimum Gasteiger partial charge on any atom is -0.376 e. The Morgan fingerprint density at radius 2 is 1.78 bits per heavy atom. The Hall–Kier alpha value is -2.63. The fourth-order valence-electron chi connectivity index (χ4n) is 2.65. The van der Waals surface area contributed by atoms with E-state index in [0.29, 0.717) is 13.1 Å². The molecule has 1 aliphatic heterocycles. The van der Waals surface area contributed by atoms with Crippen LogP contribution in [0.1, 0.15) is 10.4 Å². The summed E-state index contributed by atoms with van der Waals surface area (Å²) in [6, 6.07) is 11.5. The zero-order chi connectivity index (χ0) is 16.2. The molecule has 23 heavy (non-hydrogen) atoms. The first kappa shape index (κ1) is 15.3. The summed E-state index contributed by atoms with van der Waals surface area (Å²) in [7, 11) is 3.97. The number of anilines is 2. The summed E-state index contributed by atoms with van der Waals surface area (Å²) >= 11 is 0. The van der Waals surface area contributed by atoms with Crippen LogP contribution in [0.15, 0.2) is 42.6 Å². The fraction of sp³-hybridized carbons (Fsp3) is 0.353. The molecule has 0 bridgehead atoms. The van der Waals surface area contributed by atoms with Crippen molar-refractivity contribution < 1.29 is 4.79 Å². The molecule has 1 saturated heterocycles. The molecule has 3 rings (SSSR count). The molecule has 0 unspecified atom stereocenters. The molecule has 0 saturated carbocycles. The zero-order valence-corrected chi connectivity index (χ0v) is 13.5. The van der Waals surface area contributed by atoms with Crippen molar-refractivity contribution in [2.75, 3.05) is 50.1 Å². The predicted octanol–water partition coefficient (Wildman–Crippen LogP) is 1.50. The lowest BCUT2D eigenvalue weighted by molar-refractivity contribution is 0.0746. The second-order valence-corrected chi connectivity index (χ2v) is 5.81. The van der Waals surface area contributed by atoms with E-state index in [9.17, 15) is 4.79 Å². The minimum atomic E-state index is 0.0957. The van der Waals surface area contributed by atoms with Crippen molar-refractivity contribution in [1.82, 2.24) is 15.1 Å². The Morgan fingerprint density at radius 1 is 1.09 bits per heavy atom. The van der Waals surface area contributed by atoms with E-state index in [2.05, 4.69) is 15.1 Å². The van der Waals surface area contributed by atoms with Crippen molar-refractivity contribution in [2.24, 2.45) is 0 Å². The topological polar surface area (TPSA) is 52.6 Å². The van der Waals surface area contributed by atoms with Crippen LogP contribution in [0, 0.1) is 0 Å². The molecule has 0 N–H and O–H groups in total. The third kappa shape index (κ3) is 3.41. The lowest BCUT2D eigenvalue weighted by Crippen LogP contribution is -2.49. The maximum Gasteiger partial charge on any atom is 0.253 e. The van der Waals surface area contributed by atoms with Gasteiger partial charge < -0.3 is 14.7 Å². The van der Waals surface area contributed by atoms with Gasteiger partial charge in [-0.2, -0.15) is 5.10 Å². The van der Waals surface area contributed by atoms with Gasteiger partial charge in [-0.1, -0.05) is 18.2 Å². The molecule has 0 atom stereocenters. The Balaban J connectivity index is 1.64. The van der Waals surface area contributed by atoms with Crippen LogP contribution in [0.2, 0.25) is 0 Å². The van der Waals surface area contributed by atoms with Gasteiger partial charge in [0.15, 0.2) is 5.82 Å². The first-order valence-corrected chi connectivity index (χ1v) is 7.74. The minimum absolute atomic E-state index is 0.0957. The van der Waals surface area contributed by atoms with Crippen LogP contribution in [0.4, 0.5) is 11.5 Å². The van der Waals surface area contributed by atoms with Crippen LogP contribution in [0.5, 0.6) is 0 Å². The molecule has 2 heterocycles. The van der Waals surface area contributed by atoms with E-state index in [1.807, 2.05) is 60.3 Å². The first-order chi connectivity index (χ1) is 11.1. The van der Waals surface area contributed by atoms with Crippen molar-refractivity contribution in [2.45, 2.75) is 0 Å². The highest BCUT2D eigenvalue weighted by Crippen LogP contribution is 2.19. The Kier molecular flexibility index (Phi) is 4.41. The predicted molar refractivity (Wildman–Crippen MR) is 90.9 cm³/mol. The number of piperazine rings is 1. The van der Waals surface area contributed by atoms with E-state index < -0.39 is 0 Å². The maximum atomic E-state index is 12.5. The van der Waals surface area contributed by atoms with Gasteiger partial charge in [0, 0.05) is 51.9 Å². The third-order valence-electron chi connectivity index (χ3n) is 4.06. The first-order valence-electron chi connectivity index (χ1n) is 7.74. The van der Waals surface area contributed by atoms with Gasteiger partial charge >= 0.3 is 0 Å². The molecule has 6 nitrogen and oxygen atoms in total. The lowest BCUT2D eigenvalue weighted by atomic mass is 10.2. The molecule has 120 valence electrons. The van der Waals surface area contributed by atoms with Crippen LogP contribution in [-0.2, 0) is 0 Å². The molecule has 2 aromatic rings. The average Bonchev–Trinajstić information content (AvgIpc) is 2.62. The number of aromatic nitrogens is 2. The second kappa shape index (κ2) is 6.64. The van der Waals surface area contributed by atoms with E-state index in [-0.39, 0.29) is 5.91 Å². The number of carbonyl (C=O) groups excluding carboxylic acids is 1. The molecule has 1 aliphatic rings. The Morgan fingerprint density at radius 3 is 2.43 bits per heavy atom. The summed E-state index contributed by atoms with van der Waals surface area (Å²) in [5.74, 6) is 0.960. The summed E-state index contributed by atoms with van der Waals surface area (Å²) in [6.45, 7) is 2.93. The van der Waals surface area contributed by atoms with Gasteiger partial charge in [0.2, 0.25) is 0 Å². The van der Waals surface area contributed by atoms with Crippen LogP contribution < -0.4 is 9.80 Å². The molecule has 1 fully saturated rings. The molecule has 0 radical (unpaired) electrons. The summed E-state index contributed by atoms with van der Waals surface area (Å²) < 4.78 is 0. The zero-order valence-electron chi connectivity index (χ0n) is 13.5. The standard InChI is InChI=1S/C17H21N5O/c1-20(2)15-12-16(19-18-13-15)21-8-10-22(11-9-21)17(23)14-6-4-3-5-7-14/h3-7,12-13H,8-11H2,1-2H3. The molecule has 1 amide bonds. The fourth-order valence-corrected chi connectivity index (χ4v) is 2.65. The van der Waals surface area contributed by atoms with Gasteiger partial charge in [-0.3, -0.25) is 4.79 Å². The van der Waals surface area contributed by atoms with E-state index in [0.717, 1.165) is 30.2 Å². The summed E-state index contributed by atoms with van der Waals surface area (Å²) in [5.41, 5.74) is 1.77. The van der Waals surface area contributed by atoms with Crippen LogP contribution >= 0.6 is 0 Å². The SMILES string of the molecule is CN(C)c1cnnc(N2CCN(C(=O)c3ccccc3)CC2)c1. The van der Waals surface area contributed by atoms with Gasteiger partial charge in [-0.05, 0) is 12.1 Å². The van der Waals surface area contributed by atoms with Crippen molar-refractivity contribution in [3.8, 4) is 0 Å². The monoisotopic (exact) mass is 311 g/mol. The highest BCUT2D eigenvalue weighted by atomic mass is 16.2. The van der Waals surface area contributed by atoms with Gasteiger partial charge in [0.05, 0.1) is 11.9 Å². The number of amides is 1. The number of carbonyl (C=O) groups is 1. The molecule has 1 aromatic heterocycles. The highest BCUT2D eigenvalue weighted by Gasteiger charge is 2.23. The quantitative estimate of drug-likeness (QED) is 0.860. The highest BCUT2D eigenvalue weighted by molar-refractivity contribution is 5.94. The van der Waals surface area contributed by atoms with Gasteiger partial charge in [-0.25, -0.2) is 0 Å². The second-order valence-electron chi connectivity index (χ2n) is 5.81. The van der Waals surface area contributed by atoms with Crippen LogP contribution in [-0.4, -0.2) is 61.3 Å². The van der Waals surface area contributed by atoms with Crippen LogP contribution in [0.25, 0.3) is 0 Å². The Labute approximate surface area is 136 Å². The molecular formula is C17H21N5O. The number of nitrogens with zero attached hydrogens (tertiary/aromatic N) is 5. The van der Waals surface area contributed by atoms with Gasteiger partial charge in [0.25, 0.3) is 5.91 Å². The number of hydrogen-bond donors (Lipinski definition) is 0. The molecule has 0 aliphatic carbocycles. The van der Waals surface area contributed by atoms with E-state index in [1.54, 1.807) is 6.20 Å². The number of hydrogen-bond acceptors (Lipinski definition) is 5. The molecule has 1 aromatic carbocycles. The number of benzene rings is 1. The maximum absolute atomic E-state index is 12.5. The van der Waals surface area contributed by atoms with Crippen LogP contribution in [0.3, 0.4) is 0 Å². The van der Waals surface area contributed by atoms with Crippen molar-refractivity contribution >= 4 is 17.4 Å². The smallest absolute Gasteiger partial charge is 0.253 e. The van der Waals surface area contributed by atoms with E-state index in [4.69, 9.17) is 0 Å².